The summed E-state index contributed by atoms with van der Waals surface area (Å²) >= 11 is 0. The number of rotatable bonds is 3. The van der Waals surface area contributed by atoms with Crippen molar-refractivity contribution in [2.45, 2.75) is 25.2 Å². The molecule has 0 bridgehead atoms. The summed E-state index contributed by atoms with van der Waals surface area (Å²) in [7, 11) is -2.47. The molecule has 0 fully saturated rings. The summed E-state index contributed by atoms with van der Waals surface area (Å²) in [5, 5.41) is 0. The molecule has 108 valence electrons. The topological polar surface area (TPSA) is 63.7 Å². The van der Waals surface area contributed by atoms with Crippen LogP contribution in [-0.2, 0) is 19.6 Å². The fourth-order valence-electron chi connectivity index (χ4n) is 2.16. The van der Waals surface area contributed by atoms with Gasteiger partial charge in [-0.25, -0.2) is 13.2 Å². The molecule has 0 radical (unpaired) electrons. The van der Waals surface area contributed by atoms with Gasteiger partial charge in [0.1, 0.15) is 5.70 Å². The van der Waals surface area contributed by atoms with E-state index >= 15 is 0 Å². The first-order valence-corrected chi connectivity index (χ1v) is 7.69. The molecule has 1 heterocycles. The third kappa shape index (κ3) is 2.43. The Morgan fingerprint density at radius 3 is 2.35 bits per heavy atom. The highest BCUT2D eigenvalue weighted by Gasteiger charge is 2.35. The van der Waals surface area contributed by atoms with Gasteiger partial charge in [0, 0.05) is 6.54 Å². The lowest BCUT2D eigenvalue weighted by molar-refractivity contribution is -0.137. The zero-order chi connectivity index (χ0) is 14.9. The van der Waals surface area contributed by atoms with E-state index in [4.69, 9.17) is 0 Å². The Morgan fingerprint density at radius 1 is 1.20 bits per heavy atom. The van der Waals surface area contributed by atoms with Crippen molar-refractivity contribution in [3.63, 3.8) is 0 Å². The maximum atomic E-state index is 12.6. The van der Waals surface area contributed by atoms with Crippen LogP contribution in [0.3, 0.4) is 0 Å². The third-order valence-corrected chi connectivity index (χ3v) is 5.14. The number of carbonyl (C=O) groups is 1. The number of sulfonamides is 1. The van der Waals surface area contributed by atoms with Gasteiger partial charge in [-0.15, -0.1) is 0 Å². The van der Waals surface area contributed by atoms with Crippen molar-refractivity contribution in [1.29, 1.82) is 0 Å². The first kappa shape index (κ1) is 14.6. The molecule has 1 aromatic rings. The van der Waals surface area contributed by atoms with E-state index in [0.29, 0.717) is 6.42 Å². The van der Waals surface area contributed by atoms with Crippen LogP contribution in [-0.4, -0.2) is 32.3 Å². The van der Waals surface area contributed by atoms with E-state index in [9.17, 15) is 13.2 Å². The van der Waals surface area contributed by atoms with Gasteiger partial charge >= 0.3 is 5.97 Å². The molecule has 2 rings (SSSR count). The van der Waals surface area contributed by atoms with Crippen LogP contribution in [0.2, 0.25) is 0 Å². The van der Waals surface area contributed by atoms with E-state index in [-0.39, 0.29) is 17.1 Å². The van der Waals surface area contributed by atoms with Crippen LogP contribution >= 0.6 is 0 Å². The second kappa shape index (κ2) is 5.28. The number of hydrogen-bond acceptors (Lipinski definition) is 4. The van der Waals surface area contributed by atoms with Gasteiger partial charge in [-0.2, -0.15) is 0 Å². The van der Waals surface area contributed by atoms with Crippen LogP contribution in [0, 0.1) is 6.92 Å². The molecular formula is C14H17NO4S. The lowest BCUT2D eigenvalue weighted by Gasteiger charge is -2.21. The summed E-state index contributed by atoms with van der Waals surface area (Å²) in [6, 6.07) is 6.56. The number of esters is 1. The smallest absolute Gasteiger partial charge is 0.355 e. The highest BCUT2D eigenvalue weighted by molar-refractivity contribution is 7.89. The summed E-state index contributed by atoms with van der Waals surface area (Å²) < 4.78 is 31.0. The molecule has 20 heavy (non-hydrogen) atoms. The molecule has 0 unspecified atom stereocenters. The summed E-state index contributed by atoms with van der Waals surface area (Å²) in [5.74, 6) is -0.615. The van der Waals surface area contributed by atoms with Gasteiger partial charge in [-0.3, -0.25) is 4.31 Å². The highest BCUT2D eigenvalue weighted by atomic mass is 32.2. The van der Waals surface area contributed by atoms with E-state index in [1.54, 1.807) is 31.2 Å². The maximum Gasteiger partial charge on any atom is 0.355 e. The molecule has 1 aliphatic rings. The predicted octanol–water partition coefficient (Wildman–Crippen LogP) is 1.84. The molecule has 0 aliphatic carbocycles. The average Bonchev–Trinajstić information content (AvgIpc) is 2.81. The molecule has 6 heteroatoms. The van der Waals surface area contributed by atoms with Crippen LogP contribution < -0.4 is 0 Å². The average molecular weight is 295 g/mol. The lowest BCUT2D eigenvalue weighted by atomic mass is 10.2. The van der Waals surface area contributed by atoms with Gasteiger partial charge in [0.2, 0.25) is 0 Å². The molecule has 0 spiro atoms. The van der Waals surface area contributed by atoms with E-state index in [1.807, 2.05) is 6.92 Å². The number of carbonyl (C=O) groups excluding carboxylic acids is 1. The van der Waals surface area contributed by atoms with Crippen LogP contribution in [0.1, 0.15) is 18.9 Å². The molecule has 0 saturated carbocycles. The molecule has 0 N–H and O–H groups in total. The molecule has 0 amide bonds. The maximum absolute atomic E-state index is 12.6. The number of nitrogens with zero attached hydrogens (tertiary/aromatic N) is 1. The Hall–Kier alpha value is -1.82. The van der Waals surface area contributed by atoms with Crippen LogP contribution in [0.15, 0.2) is 40.4 Å². The quantitative estimate of drug-likeness (QED) is 0.798. The van der Waals surface area contributed by atoms with Crippen molar-refractivity contribution in [3.8, 4) is 0 Å². The van der Waals surface area contributed by atoms with Crippen molar-refractivity contribution >= 4 is 16.0 Å². The van der Waals surface area contributed by atoms with Gasteiger partial charge in [-0.1, -0.05) is 17.7 Å². The zero-order valence-corrected chi connectivity index (χ0v) is 12.5. The monoisotopic (exact) mass is 295 g/mol. The summed E-state index contributed by atoms with van der Waals surface area (Å²) in [4.78, 5) is 12.0. The Balaban J connectivity index is 2.45. The molecule has 5 nitrogen and oxygen atoms in total. The third-order valence-electron chi connectivity index (χ3n) is 3.33. The van der Waals surface area contributed by atoms with Crippen molar-refractivity contribution in [3.05, 3.63) is 41.1 Å². The summed E-state index contributed by atoms with van der Waals surface area (Å²) in [6.07, 6.45) is 0.537. The minimum atomic E-state index is -3.72. The molecule has 0 aromatic heterocycles. The standard InChI is InChI=1S/C14H17NO4S/c1-10-4-6-12(7-5-10)20(17,18)15-9-8-11(2)13(15)14(16)19-3/h4-7H,8-9H2,1-3H3. The SMILES string of the molecule is COC(=O)C1=C(C)CCN1S(=O)(=O)c1ccc(C)cc1. The van der Waals surface area contributed by atoms with E-state index < -0.39 is 16.0 Å². The second-order valence-electron chi connectivity index (χ2n) is 4.76. The number of aryl methyl sites for hydroxylation is 1. The lowest BCUT2D eigenvalue weighted by Crippen LogP contribution is -2.31. The van der Waals surface area contributed by atoms with Crippen molar-refractivity contribution in [1.82, 2.24) is 4.31 Å². The molecule has 0 atom stereocenters. The van der Waals surface area contributed by atoms with Gasteiger partial charge in [0.05, 0.1) is 12.0 Å². The zero-order valence-electron chi connectivity index (χ0n) is 11.7. The fraction of sp³-hybridized carbons (Fsp3) is 0.357. The Morgan fingerprint density at radius 2 is 1.80 bits per heavy atom. The minimum absolute atomic E-state index is 0.132. The largest absolute Gasteiger partial charge is 0.464 e. The fourth-order valence-corrected chi connectivity index (χ4v) is 3.70. The number of ether oxygens (including phenoxy) is 1. The van der Waals surface area contributed by atoms with E-state index in [1.165, 1.54) is 7.11 Å². The van der Waals surface area contributed by atoms with Gasteiger partial charge in [-0.05, 0) is 38.0 Å². The molecule has 0 saturated heterocycles. The first-order chi connectivity index (χ1) is 9.37. The number of benzene rings is 1. The number of methoxy groups -OCH3 is 1. The Kier molecular flexibility index (Phi) is 3.85. The summed E-state index contributed by atoms with van der Waals surface area (Å²) in [5.41, 5.74) is 1.84. The van der Waals surface area contributed by atoms with Crippen molar-refractivity contribution in [2.75, 3.05) is 13.7 Å². The molecule has 1 aromatic carbocycles. The Labute approximate surface area is 118 Å². The summed E-state index contributed by atoms with van der Waals surface area (Å²) in [6.45, 7) is 3.90. The van der Waals surface area contributed by atoms with Crippen LogP contribution in [0.4, 0.5) is 0 Å². The van der Waals surface area contributed by atoms with E-state index in [2.05, 4.69) is 4.74 Å². The molecule has 1 aliphatic heterocycles. The van der Waals surface area contributed by atoms with Crippen LogP contribution in [0.25, 0.3) is 0 Å². The van der Waals surface area contributed by atoms with Crippen LogP contribution in [0.5, 0.6) is 0 Å². The normalized spacial score (nSPS) is 15.7. The molecular weight excluding hydrogens is 278 g/mol. The first-order valence-electron chi connectivity index (χ1n) is 6.25. The predicted molar refractivity (Wildman–Crippen MR) is 74.4 cm³/mol. The highest BCUT2D eigenvalue weighted by Crippen LogP contribution is 2.30. The van der Waals surface area contributed by atoms with Gasteiger partial charge in [0.25, 0.3) is 10.0 Å². The number of hydrogen-bond donors (Lipinski definition) is 0. The van der Waals surface area contributed by atoms with Crippen molar-refractivity contribution in [2.24, 2.45) is 0 Å². The Bertz CT molecular complexity index is 659. The van der Waals surface area contributed by atoms with Gasteiger partial charge in [0.15, 0.2) is 0 Å². The van der Waals surface area contributed by atoms with Crippen molar-refractivity contribution < 1.29 is 17.9 Å². The van der Waals surface area contributed by atoms with E-state index in [0.717, 1.165) is 15.4 Å². The van der Waals surface area contributed by atoms with Gasteiger partial charge < -0.3 is 4.74 Å². The minimum Gasteiger partial charge on any atom is -0.464 e. The second-order valence-corrected chi connectivity index (χ2v) is 6.62.